The number of para-hydroxylation sites is 1. The zero-order valence-electron chi connectivity index (χ0n) is 18.6. The van der Waals surface area contributed by atoms with Crippen molar-refractivity contribution in [2.24, 2.45) is 0 Å². The van der Waals surface area contributed by atoms with Gasteiger partial charge in [0, 0.05) is 38.9 Å². The number of aryl methyl sites for hydroxylation is 1. The van der Waals surface area contributed by atoms with Crippen LogP contribution in [0.3, 0.4) is 0 Å². The Morgan fingerprint density at radius 2 is 1.80 bits per heavy atom. The largest absolute Gasteiger partial charge is 0.420 e. The minimum absolute atomic E-state index is 0.455. The van der Waals surface area contributed by atoms with Gasteiger partial charge in [-0.15, -0.1) is 20.4 Å². The fourth-order valence-corrected chi connectivity index (χ4v) is 4.86. The lowest BCUT2D eigenvalue weighted by atomic mass is 10.1. The maximum atomic E-state index is 5.98. The van der Waals surface area contributed by atoms with E-state index in [2.05, 4.69) is 67.2 Å². The first-order valence-corrected chi connectivity index (χ1v) is 12.3. The number of nitrogens with one attached hydrogen (secondary N) is 1. The SMILES string of the molecule is Cc1cccc(-n2c(SCc3nnc(-c4ccc(Cl)cc4)o3)nnc2-c2c[nH]c3ccccc23)c1. The van der Waals surface area contributed by atoms with Crippen molar-refractivity contribution >= 4 is 34.3 Å². The summed E-state index contributed by atoms with van der Waals surface area (Å²) >= 11 is 7.48. The molecule has 0 atom stereocenters. The van der Waals surface area contributed by atoms with Gasteiger partial charge in [0.15, 0.2) is 11.0 Å². The summed E-state index contributed by atoms with van der Waals surface area (Å²) in [5.74, 6) is 2.19. The maximum absolute atomic E-state index is 5.98. The van der Waals surface area contributed by atoms with E-state index in [1.54, 1.807) is 12.1 Å². The van der Waals surface area contributed by atoms with Gasteiger partial charge in [-0.2, -0.15) is 0 Å². The topological polar surface area (TPSA) is 85.4 Å². The molecule has 3 aromatic heterocycles. The predicted octanol–water partition coefficient (Wildman–Crippen LogP) is 6.72. The summed E-state index contributed by atoms with van der Waals surface area (Å²) in [7, 11) is 0. The van der Waals surface area contributed by atoms with E-state index in [9.17, 15) is 0 Å². The summed E-state index contributed by atoms with van der Waals surface area (Å²) in [5, 5.41) is 20.0. The van der Waals surface area contributed by atoms with Crippen LogP contribution in [0.25, 0.3) is 39.4 Å². The Morgan fingerprint density at radius 1 is 0.943 bits per heavy atom. The third kappa shape index (κ3) is 4.22. The molecule has 6 rings (SSSR count). The van der Waals surface area contributed by atoms with Crippen LogP contribution in [0.4, 0.5) is 0 Å². The third-order valence-corrected chi connectivity index (χ3v) is 6.77. The highest BCUT2D eigenvalue weighted by Crippen LogP contribution is 2.33. The van der Waals surface area contributed by atoms with Gasteiger partial charge in [0.2, 0.25) is 11.8 Å². The van der Waals surface area contributed by atoms with E-state index in [-0.39, 0.29) is 0 Å². The molecule has 0 spiro atoms. The highest BCUT2D eigenvalue weighted by Gasteiger charge is 2.20. The molecule has 3 heterocycles. The summed E-state index contributed by atoms with van der Waals surface area (Å²) in [5.41, 5.74) is 5.01. The first-order chi connectivity index (χ1) is 17.2. The van der Waals surface area contributed by atoms with Gasteiger partial charge in [0.05, 0.1) is 5.75 Å². The summed E-state index contributed by atoms with van der Waals surface area (Å²) in [6.45, 7) is 2.07. The number of benzene rings is 3. The Bertz CT molecular complexity index is 1640. The number of rotatable bonds is 6. The van der Waals surface area contributed by atoms with E-state index in [4.69, 9.17) is 16.0 Å². The average molecular weight is 499 g/mol. The molecule has 0 unspecified atom stereocenters. The molecule has 0 aliphatic rings. The van der Waals surface area contributed by atoms with Crippen molar-refractivity contribution in [1.29, 1.82) is 0 Å². The monoisotopic (exact) mass is 498 g/mol. The molecule has 9 heteroatoms. The van der Waals surface area contributed by atoms with Crippen molar-refractivity contribution < 1.29 is 4.42 Å². The van der Waals surface area contributed by atoms with Crippen LogP contribution in [0.5, 0.6) is 0 Å². The van der Waals surface area contributed by atoms with Crippen molar-refractivity contribution in [2.45, 2.75) is 17.8 Å². The summed E-state index contributed by atoms with van der Waals surface area (Å²) in [6, 6.07) is 23.8. The van der Waals surface area contributed by atoms with E-state index in [0.29, 0.717) is 22.6 Å². The van der Waals surface area contributed by atoms with Crippen molar-refractivity contribution in [1.82, 2.24) is 29.9 Å². The molecule has 35 heavy (non-hydrogen) atoms. The number of aromatic amines is 1. The molecule has 0 saturated carbocycles. The van der Waals surface area contributed by atoms with E-state index in [1.165, 1.54) is 11.8 Å². The van der Waals surface area contributed by atoms with Crippen LogP contribution in [0, 0.1) is 6.92 Å². The van der Waals surface area contributed by atoms with Gasteiger partial charge in [0.25, 0.3) is 0 Å². The molecule has 3 aromatic carbocycles. The second-order valence-corrected chi connectivity index (χ2v) is 9.40. The zero-order chi connectivity index (χ0) is 23.8. The van der Waals surface area contributed by atoms with Crippen LogP contribution in [0.2, 0.25) is 5.02 Å². The number of hydrogen-bond donors (Lipinski definition) is 1. The highest BCUT2D eigenvalue weighted by molar-refractivity contribution is 7.98. The number of fused-ring (bicyclic) bond motifs is 1. The molecular formula is C26H19ClN6OS. The Morgan fingerprint density at radius 3 is 2.66 bits per heavy atom. The lowest BCUT2D eigenvalue weighted by molar-refractivity contribution is 0.528. The van der Waals surface area contributed by atoms with Crippen LogP contribution in [0.1, 0.15) is 11.5 Å². The Hall–Kier alpha value is -3.88. The van der Waals surface area contributed by atoms with Crippen molar-refractivity contribution in [2.75, 3.05) is 0 Å². The smallest absolute Gasteiger partial charge is 0.247 e. The number of thioether (sulfide) groups is 1. The van der Waals surface area contributed by atoms with Gasteiger partial charge in [0.1, 0.15) is 0 Å². The van der Waals surface area contributed by atoms with E-state index < -0.39 is 0 Å². The fraction of sp³-hybridized carbons (Fsp3) is 0.0769. The first kappa shape index (κ1) is 21.6. The average Bonchev–Trinajstić information content (AvgIpc) is 3.61. The fourth-order valence-electron chi connectivity index (χ4n) is 3.94. The molecule has 6 aromatic rings. The van der Waals surface area contributed by atoms with Crippen LogP contribution in [-0.2, 0) is 5.75 Å². The number of nitrogens with zero attached hydrogens (tertiary/aromatic N) is 5. The normalized spacial score (nSPS) is 11.4. The zero-order valence-corrected chi connectivity index (χ0v) is 20.2. The molecule has 1 N–H and O–H groups in total. The number of aromatic nitrogens is 6. The van der Waals surface area contributed by atoms with Crippen molar-refractivity contribution in [3.8, 4) is 28.5 Å². The highest BCUT2D eigenvalue weighted by atomic mass is 35.5. The molecule has 0 amide bonds. The Balaban J connectivity index is 1.35. The second kappa shape index (κ2) is 9.05. The molecule has 0 aliphatic carbocycles. The Kier molecular flexibility index (Phi) is 5.60. The van der Waals surface area contributed by atoms with Crippen LogP contribution in [-0.4, -0.2) is 29.9 Å². The van der Waals surface area contributed by atoms with Crippen LogP contribution < -0.4 is 0 Å². The minimum Gasteiger partial charge on any atom is -0.420 e. The number of halogens is 1. The van der Waals surface area contributed by atoms with E-state index in [1.807, 2.05) is 36.5 Å². The molecule has 7 nitrogen and oxygen atoms in total. The minimum atomic E-state index is 0.455. The van der Waals surface area contributed by atoms with E-state index >= 15 is 0 Å². The van der Waals surface area contributed by atoms with Crippen molar-refractivity contribution in [3.63, 3.8) is 0 Å². The lowest BCUT2D eigenvalue weighted by Crippen LogP contribution is -2.00. The predicted molar refractivity (Wildman–Crippen MR) is 138 cm³/mol. The lowest BCUT2D eigenvalue weighted by Gasteiger charge is -2.10. The quantitative estimate of drug-likeness (QED) is 0.256. The molecular weight excluding hydrogens is 480 g/mol. The second-order valence-electron chi connectivity index (χ2n) is 8.03. The number of H-pyrrole nitrogens is 1. The summed E-state index contributed by atoms with van der Waals surface area (Å²) in [4.78, 5) is 3.34. The van der Waals surface area contributed by atoms with Gasteiger partial charge in [-0.3, -0.25) is 4.57 Å². The molecule has 0 fully saturated rings. The Labute approximate surface area is 210 Å². The molecule has 0 aliphatic heterocycles. The molecule has 0 saturated heterocycles. The molecule has 0 radical (unpaired) electrons. The van der Waals surface area contributed by atoms with Gasteiger partial charge in [-0.05, 0) is 55.0 Å². The molecule has 0 bridgehead atoms. The standard InChI is InChI=1S/C26H19ClN6OS/c1-16-5-4-6-19(13-16)33-24(21-14-28-22-8-3-2-7-20(21)22)30-32-26(33)35-15-23-29-31-25(34-23)17-9-11-18(27)12-10-17/h2-14,28H,15H2,1H3. The third-order valence-electron chi connectivity index (χ3n) is 5.61. The molecule has 172 valence electrons. The summed E-state index contributed by atoms with van der Waals surface area (Å²) in [6.07, 6.45) is 1.98. The van der Waals surface area contributed by atoms with E-state index in [0.717, 1.165) is 44.3 Å². The van der Waals surface area contributed by atoms with Crippen molar-refractivity contribution in [3.05, 3.63) is 95.5 Å². The van der Waals surface area contributed by atoms with Gasteiger partial charge < -0.3 is 9.40 Å². The van der Waals surface area contributed by atoms with Crippen LogP contribution in [0.15, 0.2) is 88.6 Å². The van der Waals surface area contributed by atoms with Crippen LogP contribution >= 0.6 is 23.4 Å². The number of hydrogen-bond acceptors (Lipinski definition) is 6. The summed E-state index contributed by atoms with van der Waals surface area (Å²) < 4.78 is 7.96. The maximum Gasteiger partial charge on any atom is 0.247 e. The van der Waals surface area contributed by atoms with Gasteiger partial charge in [-0.25, -0.2) is 0 Å². The first-order valence-electron chi connectivity index (χ1n) is 11.0. The van der Waals surface area contributed by atoms with Gasteiger partial charge in [-0.1, -0.05) is 53.7 Å². The van der Waals surface area contributed by atoms with Gasteiger partial charge >= 0.3 is 0 Å².